The third-order valence-corrected chi connectivity index (χ3v) is 3.95. The highest BCUT2D eigenvalue weighted by atomic mass is 35.5. The van der Waals surface area contributed by atoms with Gasteiger partial charge >= 0.3 is 0 Å². The van der Waals surface area contributed by atoms with Crippen LogP contribution in [0, 0.1) is 0 Å². The number of morpholine rings is 1. The lowest BCUT2D eigenvalue weighted by Gasteiger charge is -2.24. The van der Waals surface area contributed by atoms with Crippen LogP contribution >= 0.6 is 11.6 Å². The standard InChI is InChI=1S/C17H18ClN3O2/c18-16-6-5-14(10-20-16)17(22)21-9-12-1-3-13(4-2-12)15-11-19-7-8-23-15/h1-6,10,15,19H,7-9,11H2,(H,21,22). The van der Waals surface area contributed by atoms with Crippen LogP contribution in [0.1, 0.15) is 27.6 Å². The van der Waals surface area contributed by atoms with Gasteiger partial charge in [-0.05, 0) is 23.3 Å². The summed E-state index contributed by atoms with van der Waals surface area (Å²) in [5, 5.41) is 6.55. The Balaban J connectivity index is 1.55. The van der Waals surface area contributed by atoms with Crippen LogP contribution in [0.2, 0.25) is 5.15 Å². The third kappa shape index (κ3) is 4.28. The highest BCUT2D eigenvalue weighted by Gasteiger charge is 2.15. The topological polar surface area (TPSA) is 63.2 Å². The van der Waals surface area contributed by atoms with E-state index in [9.17, 15) is 4.79 Å². The number of carbonyl (C=O) groups excluding carboxylic acids is 1. The number of nitrogens with one attached hydrogen (secondary N) is 2. The molecule has 120 valence electrons. The average Bonchev–Trinajstić information content (AvgIpc) is 2.61. The van der Waals surface area contributed by atoms with Crippen LogP contribution in [0.25, 0.3) is 0 Å². The number of hydrogen-bond donors (Lipinski definition) is 2. The minimum atomic E-state index is -0.168. The molecule has 0 saturated carbocycles. The van der Waals surface area contributed by atoms with Crippen LogP contribution in [0.15, 0.2) is 42.6 Å². The number of rotatable bonds is 4. The number of halogens is 1. The van der Waals surface area contributed by atoms with Gasteiger partial charge in [0.25, 0.3) is 5.91 Å². The number of aromatic nitrogens is 1. The van der Waals surface area contributed by atoms with Gasteiger partial charge in [-0.1, -0.05) is 35.9 Å². The number of hydrogen-bond acceptors (Lipinski definition) is 4. The summed E-state index contributed by atoms with van der Waals surface area (Å²) in [5.41, 5.74) is 2.68. The van der Waals surface area contributed by atoms with Gasteiger partial charge in [0.15, 0.2) is 0 Å². The molecule has 23 heavy (non-hydrogen) atoms. The quantitative estimate of drug-likeness (QED) is 0.844. The zero-order valence-corrected chi connectivity index (χ0v) is 13.3. The normalized spacial score (nSPS) is 17.7. The van der Waals surface area contributed by atoms with Crippen molar-refractivity contribution in [2.75, 3.05) is 19.7 Å². The first-order valence-corrected chi connectivity index (χ1v) is 7.91. The van der Waals surface area contributed by atoms with Gasteiger partial charge < -0.3 is 15.4 Å². The molecule has 1 saturated heterocycles. The Morgan fingerprint density at radius 1 is 1.30 bits per heavy atom. The zero-order valence-electron chi connectivity index (χ0n) is 12.6. The molecule has 0 spiro atoms. The molecule has 1 aliphatic heterocycles. The maximum Gasteiger partial charge on any atom is 0.253 e. The van der Waals surface area contributed by atoms with Crippen LogP contribution in [-0.4, -0.2) is 30.6 Å². The van der Waals surface area contributed by atoms with Gasteiger partial charge in [0.1, 0.15) is 5.15 Å². The molecule has 1 atom stereocenters. The van der Waals surface area contributed by atoms with E-state index < -0.39 is 0 Å². The Labute approximate surface area is 140 Å². The monoisotopic (exact) mass is 331 g/mol. The van der Waals surface area contributed by atoms with Gasteiger partial charge in [-0.3, -0.25) is 4.79 Å². The average molecular weight is 332 g/mol. The fraction of sp³-hybridized carbons (Fsp3) is 0.294. The van der Waals surface area contributed by atoms with E-state index in [1.807, 2.05) is 24.3 Å². The summed E-state index contributed by atoms with van der Waals surface area (Å²) in [6.45, 7) is 2.93. The van der Waals surface area contributed by atoms with E-state index in [-0.39, 0.29) is 12.0 Å². The van der Waals surface area contributed by atoms with E-state index in [1.165, 1.54) is 6.20 Å². The summed E-state index contributed by atoms with van der Waals surface area (Å²) in [5.74, 6) is -0.168. The summed E-state index contributed by atoms with van der Waals surface area (Å²) >= 11 is 5.71. The number of pyridine rings is 1. The number of ether oxygens (including phenoxy) is 1. The van der Waals surface area contributed by atoms with Gasteiger partial charge in [0.05, 0.1) is 18.3 Å². The number of carbonyl (C=O) groups is 1. The Morgan fingerprint density at radius 3 is 2.78 bits per heavy atom. The zero-order chi connectivity index (χ0) is 16.1. The molecule has 1 fully saturated rings. The van der Waals surface area contributed by atoms with E-state index in [0.717, 1.165) is 30.8 Å². The van der Waals surface area contributed by atoms with Crippen molar-refractivity contribution in [3.63, 3.8) is 0 Å². The molecule has 0 bridgehead atoms. The maximum atomic E-state index is 12.0. The Morgan fingerprint density at radius 2 is 2.13 bits per heavy atom. The predicted molar refractivity (Wildman–Crippen MR) is 88.4 cm³/mol. The molecule has 1 unspecified atom stereocenters. The fourth-order valence-corrected chi connectivity index (χ4v) is 2.54. The first-order chi connectivity index (χ1) is 11.2. The van der Waals surface area contributed by atoms with Crippen molar-refractivity contribution in [1.82, 2.24) is 15.6 Å². The predicted octanol–water partition coefficient (Wildman–Crippen LogP) is 2.33. The molecule has 2 N–H and O–H groups in total. The fourth-order valence-electron chi connectivity index (χ4n) is 2.42. The minimum Gasteiger partial charge on any atom is -0.371 e. The van der Waals surface area contributed by atoms with Crippen LogP contribution in [-0.2, 0) is 11.3 Å². The largest absolute Gasteiger partial charge is 0.371 e. The van der Waals surface area contributed by atoms with Crippen LogP contribution in [0.5, 0.6) is 0 Å². The summed E-state index contributed by atoms with van der Waals surface area (Å²) in [6.07, 6.45) is 1.57. The SMILES string of the molecule is O=C(NCc1ccc(C2CNCCO2)cc1)c1ccc(Cl)nc1. The van der Waals surface area contributed by atoms with Gasteiger partial charge in [-0.15, -0.1) is 0 Å². The Kier molecular flexibility index (Phi) is 5.23. The second-order valence-electron chi connectivity index (χ2n) is 5.36. The molecule has 0 aliphatic carbocycles. The van der Waals surface area contributed by atoms with Crippen LogP contribution < -0.4 is 10.6 Å². The molecular formula is C17H18ClN3O2. The van der Waals surface area contributed by atoms with Crippen LogP contribution in [0.4, 0.5) is 0 Å². The van der Waals surface area contributed by atoms with E-state index in [4.69, 9.17) is 16.3 Å². The van der Waals surface area contributed by atoms with Gasteiger partial charge in [0, 0.05) is 25.8 Å². The van der Waals surface area contributed by atoms with Crippen molar-refractivity contribution in [3.05, 3.63) is 64.4 Å². The Hall–Kier alpha value is -1.95. The van der Waals surface area contributed by atoms with Crippen molar-refractivity contribution in [1.29, 1.82) is 0 Å². The van der Waals surface area contributed by atoms with Crippen molar-refractivity contribution < 1.29 is 9.53 Å². The number of benzene rings is 1. The summed E-state index contributed by atoms with van der Waals surface area (Å²) in [7, 11) is 0. The molecule has 0 radical (unpaired) electrons. The summed E-state index contributed by atoms with van der Waals surface area (Å²) in [6, 6.07) is 11.4. The second-order valence-corrected chi connectivity index (χ2v) is 5.74. The van der Waals surface area contributed by atoms with Gasteiger partial charge in [0.2, 0.25) is 0 Å². The first kappa shape index (κ1) is 15.9. The molecule has 2 heterocycles. The lowest BCUT2D eigenvalue weighted by molar-refractivity contribution is 0.0277. The van der Waals surface area contributed by atoms with Crippen molar-refractivity contribution >= 4 is 17.5 Å². The lowest BCUT2D eigenvalue weighted by atomic mass is 10.1. The highest BCUT2D eigenvalue weighted by Crippen LogP contribution is 2.19. The van der Waals surface area contributed by atoms with E-state index >= 15 is 0 Å². The number of nitrogens with zero attached hydrogens (tertiary/aromatic N) is 1. The second kappa shape index (κ2) is 7.55. The van der Waals surface area contributed by atoms with Crippen LogP contribution in [0.3, 0.4) is 0 Å². The van der Waals surface area contributed by atoms with Crippen molar-refractivity contribution in [3.8, 4) is 0 Å². The molecule has 1 aliphatic rings. The summed E-state index contributed by atoms with van der Waals surface area (Å²) < 4.78 is 5.72. The first-order valence-electron chi connectivity index (χ1n) is 7.53. The molecular weight excluding hydrogens is 314 g/mol. The highest BCUT2D eigenvalue weighted by molar-refractivity contribution is 6.29. The smallest absolute Gasteiger partial charge is 0.253 e. The lowest BCUT2D eigenvalue weighted by Crippen LogP contribution is -2.33. The molecule has 1 amide bonds. The Bertz CT molecular complexity index is 653. The van der Waals surface area contributed by atoms with E-state index in [2.05, 4.69) is 15.6 Å². The summed E-state index contributed by atoms with van der Waals surface area (Å²) in [4.78, 5) is 15.9. The third-order valence-electron chi connectivity index (χ3n) is 3.72. The van der Waals surface area contributed by atoms with E-state index in [0.29, 0.717) is 17.3 Å². The molecule has 6 heteroatoms. The van der Waals surface area contributed by atoms with Gasteiger partial charge in [-0.25, -0.2) is 4.98 Å². The van der Waals surface area contributed by atoms with E-state index in [1.54, 1.807) is 12.1 Å². The number of amides is 1. The molecule has 2 aromatic rings. The maximum absolute atomic E-state index is 12.0. The minimum absolute atomic E-state index is 0.104. The van der Waals surface area contributed by atoms with Crippen molar-refractivity contribution in [2.24, 2.45) is 0 Å². The molecule has 5 nitrogen and oxygen atoms in total. The van der Waals surface area contributed by atoms with Crippen molar-refractivity contribution in [2.45, 2.75) is 12.6 Å². The molecule has 1 aromatic heterocycles. The molecule has 3 rings (SSSR count). The van der Waals surface area contributed by atoms with Gasteiger partial charge in [-0.2, -0.15) is 0 Å². The molecule has 1 aromatic carbocycles.